The summed E-state index contributed by atoms with van der Waals surface area (Å²) in [6.07, 6.45) is 1.81. The maximum absolute atomic E-state index is 11.1. The fourth-order valence-electron chi connectivity index (χ4n) is 1.44. The number of methoxy groups -OCH3 is 1. The van der Waals surface area contributed by atoms with E-state index in [1.54, 1.807) is 7.11 Å². The molecular formula is C14H19NO3S. The van der Waals surface area contributed by atoms with Gasteiger partial charge in [-0.1, -0.05) is 6.92 Å². The van der Waals surface area contributed by atoms with E-state index in [-0.39, 0.29) is 5.78 Å². The summed E-state index contributed by atoms with van der Waals surface area (Å²) in [5.41, 5.74) is 0.843. The lowest BCUT2D eigenvalue weighted by atomic mass is 10.2. The normalized spacial score (nSPS) is 9.79. The van der Waals surface area contributed by atoms with Gasteiger partial charge in [0.2, 0.25) is 0 Å². The van der Waals surface area contributed by atoms with Crippen LogP contribution in [-0.4, -0.2) is 24.7 Å². The third kappa shape index (κ3) is 6.20. The Kier molecular flexibility index (Phi) is 6.89. The smallest absolute Gasteiger partial charge is 0.261 e. The van der Waals surface area contributed by atoms with Crippen molar-refractivity contribution in [2.75, 3.05) is 19.0 Å². The number of Topliss-reactive ketones (excluding diaryl/α,β-unsaturated/α-hetero) is 1. The lowest BCUT2D eigenvalue weighted by Gasteiger charge is -2.10. The first kappa shape index (κ1) is 15.4. The Morgan fingerprint density at radius 1 is 1.32 bits per heavy atom. The molecule has 0 aliphatic heterocycles. The van der Waals surface area contributed by atoms with Gasteiger partial charge in [-0.3, -0.25) is 4.79 Å². The molecule has 0 saturated heterocycles. The van der Waals surface area contributed by atoms with Crippen LogP contribution >= 0.6 is 12.2 Å². The van der Waals surface area contributed by atoms with Crippen LogP contribution in [0.4, 0.5) is 5.69 Å². The summed E-state index contributed by atoms with van der Waals surface area (Å²) in [7, 11) is 1.62. The molecule has 0 atom stereocenters. The quantitative estimate of drug-likeness (QED) is 0.614. The van der Waals surface area contributed by atoms with E-state index in [2.05, 4.69) is 5.32 Å². The van der Waals surface area contributed by atoms with Crippen molar-refractivity contribution >= 4 is 28.9 Å². The maximum atomic E-state index is 11.1. The number of hydrogen-bond donors (Lipinski definition) is 1. The van der Waals surface area contributed by atoms with Crippen molar-refractivity contribution in [3.05, 3.63) is 24.3 Å². The minimum absolute atomic E-state index is 0.248. The summed E-state index contributed by atoms with van der Waals surface area (Å²) in [4.78, 5) is 11.1. The zero-order valence-corrected chi connectivity index (χ0v) is 12.1. The van der Waals surface area contributed by atoms with E-state index in [0.29, 0.717) is 31.0 Å². The van der Waals surface area contributed by atoms with Gasteiger partial charge in [0.05, 0.1) is 13.7 Å². The Morgan fingerprint density at radius 2 is 2.00 bits per heavy atom. The van der Waals surface area contributed by atoms with Gasteiger partial charge in [0, 0.05) is 18.5 Å². The number of nitrogens with one attached hydrogen (secondary N) is 1. The fourth-order valence-corrected chi connectivity index (χ4v) is 1.64. The molecule has 0 unspecified atom stereocenters. The van der Waals surface area contributed by atoms with Gasteiger partial charge in [0.1, 0.15) is 11.5 Å². The van der Waals surface area contributed by atoms with Gasteiger partial charge in [-0.2, -0.15) is 0 Å². The number of anilines is 1. The predicted octanol–water partition coefficient (Wildman–Crippen LogP) is 3.17. The van der Waals surface area contributed by atoms with Crippen molar-refractivity contribution in [1.82, 2.24) is 0 Å². The molecule has 0 amide bonds. The first-order valence-electron chi connectivity index (χ1n) is 6.25. The summed E-state index contributed by atoms with van der Waals surface area (Å²) in [5, 5.41) is 3.28. The van der Waals surface area contributed by atoms with Crippen LogP contribution in [-0.2, 0) is 9.53 Å². The Bertz CT molecular complexity index is 417. The van der Waals surface area contributed by atoms with Gasteiger partial charge in [0.25, 0.3) is 5.17 Å². The summed E-state index contributed by atoms with van der Waals surface area (Å²) in [6, 6.07) is 7.39. The Morgan fingerprint density at radius 3 is 2.58 bits per heavy atom. The molecule has 0 aliphatic rings. The molecule has 0 radical (unpaired) electrons. The highest BCUT2D eigenvalue weighted by molar-refractivity contribution is 7.80. The summed E-state index contributed by atoms with van der Waals surface area (Å²) >= 11 is 5.06. The maximum Gasteiger partial charge on any atom is 0.261 e. The van der Waals surface area contributed by atoms with Crippen molar-refractivity contribution in [2.45, 2.75) is 26.2 Å². The first-order chi connectivity index (χ1) is 9.15. The van der Waals surface area contributed by atoms with E-state index in [1.807, 2.05) is 31.2 Å². The molecule has 4 nitrogen and oxygen atoms in total. The Balaban J connectivity index is 2.25. The molecule has 0 bridgehead atoms. The first-order valence-corrected chi connectivity index (χ1v) is 6.66. The van der Waals surface area contributed by atoms with Crippen LogP contribution in [0.3, 0.4) is 0 Å². The van der Waals surface area contributed by atoms with E-state index in [9.17, 15) is 4.79 Å². The van der Waals surface area contributed by atoms with E-state index in [1.165, 1.54) is 0 Å². The van der Waals surface area contributed by atoms with Crippen LogP contribution in [0.2, 0.25) is 0 Å². The fraction of sp³-hybridized carbons (Fsp3) is 0.429. The number of carbonyl (C=O) groups excluding carboxylic acids is 1. The third-order valence-corrected chi connectivity index (χ3v) is 2.78. The van der Waals surface area contributed by atoms with Crippen LogP contribution < -0.4 is 10.1 Å². The van der Waals surface area contributed by atoms with E-state index >= 15 is 0 Å². The molecule has 1 aromatic carbocycles. The molecule has 0 saturated carbocycles. The standard InChI is InChI=1S/C14H19NO3S/c1-3-12(16)5-4-10-18-14(19)15-11-6-8-13(17-2)9-7-11/h6-9H,3-5,10H2,1-2H3,(H,15,19). The van der Waals surface area contributed by atoms with Gasteiger partial charge in [-0.05, 0) is 42.9 Å². The zero-order chi connectivity index (χ0) is 14.1. The summed E-state index contributed by atoms with van der Waals surface area (Å²) in [5.74, 6) is 1.04. The SMILES string of the molecule is CCC(=O)CCCOC(=S)Nc1ccc(OC)cc1. The average molecular weight is 281 g/mol. The number of thiocarbonyl (C=S) groups is 1. The van der Waals surface area contributed by atoms with E-state index in [4.69, 9.17) is 21.7 Å². The second kappa shape index (κ2) is 8.48. The minimum Gasteiger partial charge on any atom is -0.497 e. The van der Waals surface area contributed by atoms with Crippen molar-refractivity contribution in [2.24, 2.45) is 0 Å². The molecule has 1 rings (SSSR count). The Hall–Kier alpha value is -1.62. The summed E-state index contributed by atoms with van der Waals surface area (Å²) in [6.45, 7) is 2.31. The molecule has 19 heavy (non-hydrogen) atoms. The lowest BCUT2D eigenvalue weighted by Crippen LogP contribution is -2.14. The van der Waals surface area contributed by atoms with Crippen molar-refractivity contribution < 1.29 is 14.3 Å². The van der Waals surface area contributed by atoms with Crippen molar-refractivity contribution in [3.63, 3.8) is 0 Å². The molecular weight excluding hydrogens is 262 g/mol. The van der Waals surface area contributed by atoms with Gasteiger partial charge in [-0.25, -0.2) is 0 Å². The molecule has 0 spiro atoms. The van der Waals surface area contributed by atoms with Gasteiger partial charge in [-0.15, -0.1) is 0 Å². The predicted molar refractivity (Wildman–Crippen MR) is 79.7 cm³/mol. The number of ether oxygens (including phenoxy) is 2. The summed E-state index contributed by atoms with van der Waals surface area (Å²) < 4.78 is 10.4. The average Bonchev–Trinajstić information content (AvgIpc) is 2.44. The zero-order valence-electron chi connectivity index (χ0n) is 11.3. The van der Waals surface area contributed by atoms with Crippen molar-refractivity contribution in [1.29, 1.82) is 0 Å². The highest BCUT2D eigenvalue weighted by Gasteiger charge is 2.01. The largest absolute Gasteiger partial charge is 0.497 e. The van der Waals surface area contributed by atoms with Crippen LogP contribution in [0.1, 0.15) is 26.2 Å². The van der Waals surface area contributed by atoms with E-state index < -0.39 is 0 Å². The molecule has 5 heteroatoms. The highest BCUT2D eigenvalue weighted by atomic mass is 32.1. The topological polar surface area (TPSA) is 47.6 Å². The highest BCUT2D eigenvalue weighted by Crippen LogP contribution is 2.15. The number of benzene rings is 1. The molecule has 0 aliphatic carbocycles. The number of rotatable bonds is 7. The Labute approximate surface area is 119 Å². The monoisotopic (exact) mass is 281 g/mol. The van der Waals surface area contributed by atoms with Crippen molar-refractivity contribution in [3.8, 4) is 5.75 Å². The molecule has 104 valence electrons. The van der Waals surface area contributed by atoms with Crippen LogP contribution in [0.25, 0.3) is 0 Å². The van der Waals surface area contributed by atoms with Crippen LogP contribution in [0.15, 0.2) is 24.3 Å². The van der Waals surface area contributed by atoms with Crippen LogP contribution in [0, 0.1) is 0 Å². The van der Waals surface area contributed by atoms with Crippen LogP contribution in [0.5, 0.6) is 5.75 Å². The van der Waals surface area contributed by atoms with Gasteiger partial charge < -0.3 is 14.8 Å². The van der Waals surface area contributed by atoms with E-state index in [0.717, 1.165) is 11.4 Å². The molecule has 0 heterocycles. The minimum atomic E-state index is 0.248. The number of hydrogen-bond acceptors (Lipinski definition) is 4. The van der Waals surface area contributed by atoms with Gasteiger partial charge in [0.15, 0.2) is 0 Å². The second-order valence-corrected chi connectivity index (χ2v) is 4.36. The second-order valence-electron chi connectivity index (χ2n) is 3.99. The molecule has 1 N–H and O–H groups in total. The van der Waals surface area contributed by atoms with Gasteiger partial charge >= 0.3 is 0 Å². The molecule has 0 aromatic heterocycles. The molecule has 1 aromatic rings. The molecule has 0 fully saturated rings. The lowest BCUT2D eigenvalue weighted by molar-refractivity contribution is -0.119. The third-order valence-electron chi connectivity index (χ3n) is 2.56. The number of ketones is 1. The number of carbonyl (C=O) groups is 1.